The van der Waals surface area contributed by atoms with Gasteiger partial charge in [-0.15, -0.1) is 0 Å². The standard InChI is InChI=1S/C25H25FN6O/c1-18-2-9-24(32-27-10-11-28-32)23(14-18)25(33)30(16-19-3-4-19)12-13-31-17-21(15-29-31)20-5-7-22(26)8-6-20/h2,5-11,14-15,17,19H,3-4,12-13,16H2,1H3. The number of halogens is 1. The summed E-state index contributed by atoms with van der Waals surface area (Å²) < 4.78 is 15.0. The molecule has 0 radical (unpaired) electrons. The van der Waals surface area contributed by atoms with E-state index in [9.17, 15) is 9.18 Å². The van der Waals surface area contributed by atoms with Crippen molar-refractivity contribution >= 4 is 5.91 Å². The van der Waals surface area contributed by atoms with Crippen LogP contribution >= 0.6 is 0 Å². The number of benzene rings is 2. The van der Waals surface area contributed by atoms with Crippen LogP contribution in [0.25, 0.3) is 16.8 Å². The van der Waals surface area contributed by atoms with Crippen molar-refractivity contribution in [3.8, 4) is 16.8 Å². The van der Waals surface area contributed by atoms with Crippen LogP contribution in [-0.2, 0) is 6.54 Å². The largest absolute Gasteiger partial charge is 0.336 e. The zero-order valence-electron chi connectivity index (χ0n) is 18.4. The second-order valence-electron chi connectivity index (χ2n) is 8.53. The molecule has 7 nitrogen and oxygen atoms in total. The lowest BCUT2D eigenvalue weighted by Gasteiger charge is -2.24. The maximum Gasteiger partial charge on any atom is 0.256 e. The zero-order valence-corrected chi connectivity index (χ0v) is 18.4. The molecule has 2 aromatic carbocycles. The fraction of sp³-hybridized carbons (Fsp3) is 0.280. The third-order valence-corrected chi connectivity index (χ3v) is 5.89. The smallest absolute Gasteiger partial charge is 0.256 e. The molecule has 2 heterocycles. The number of nitrogens with zero attached hydrogens (tertiary/aromatic N) is 6. The molecule has 8 heteroatoms. The molecule has 5 rings (SSSR count). The number of aryl methyl sites for hydroxylation is 1. The predicted octanol–water partition coefficient (Wildman–Crippen LogP) is 4.13. The first-order valence-corrected chi connectivity index (χ1v) is 11.1. The Bertz CT molecular complexity index is 1240. The number of carbonyl (C=O) groups excluding carboxylic acids is 1. The Labute approximate surface area is 191 Å². The number of amides is 1. The van der Waals surface area contributed by atoms with Crippen molar-refractivity contribution < 1.29 is 9.18 Å². The molecule has 1 amide bonds. The monoisotopic (exact) mass is 444 g/mol. The minimum Gasteiger partial charge on any atom is -0.336 e. The topological polar surface area (TPSA) is 68.8 Å². The summed E-state index contributed by atoms with van der Waals surface area (Å²) in [6, 6.07) is 12.1. The van der Waals surface area contributed by atoms with Crippen molar-refractivity contribution in [2.24, 2.45) is 5.92 Å². The van der Waals surface area contributed by atoms with Crippen LogP contribution in [0.1, 0.15) is 28.8 Å². The van der Waals surface area contributed by atoms with Gasteiger partial charge in [0.25, 0.3) is 5.91 Å². The van der Waals surface area contributed by atoms with E-state index in [1.807, 2.05) is 40.9 Å². The summed E-state index contributed by atoms with van der Waals surface area (Å²) in [5, 5.41) is 12.9. The molecular weight excluding hydrogens is 419 g/mol. The molecule has 0 aliphatic heterocycles. The molecule has 0 atom stereocenters. The van der Waals surface area contributed by atoms with Crippen molar-refractivity contribution in [1.82, 2.24) is 29.7 Å². The minimum absolute atomic E-state index is 0.0242. The third-order valence-electron chi connectivity index (χ3n) is 5.89. The molecule has 1 aliphatic rings. The third kappa shape index (κ3) is 4.84. The van der Waals surface area contributed by atoms with Gasteiger partial charge in [-0.2, -0.15) is 20.1 Å². The maximum atomic E-state index is 13.6. The predicted molar refractivity (Wildman–Crippen MR) is 122 cm³/mol. The van der Waals surface area contributed by atoms with Crippen LogP contribution in [0, 0.1) is 18.7 Å². The van der Waals surface area contributed by atoms with Gasteiger partial charge in [0.15, 0.2) is 0 Å². The molecule has 0 saturated heterocycles. The minimum atomic E-state index is -0.263. The number of aromatic nitrogens is 5. The van der Waals surface area contributed by atoms with E-state index in [4.69, 9.17) is 0 Å². The second-order valence-corrected chi connectivity index (χ2v) is 8.53. The average molecular weight is 445 g/mol. The fourth-order valence-electron chi connectivity index (χ4n) is 3.89. The van der Waals surface area contributed by atoms with Crippen molar-refractivity contribution in [1.29, 1.82) is 0 Å². The summed E-state index contributed by atoms with van der Waals surface area (Å²) in [4.78, 5) is 17.1. The maximum absolute atomic E-state index is 13.6. The van der Waals surface area contributed by atoms with Crippen molar-refractivity contribution in [3.05, 3.63) is 84.2 Å². The van der Waals surface area contributed by atoms with Crippen LogP contribution < -0.4 is 0 Å². The first kappa shape index (κ1) is 21.1. The normalized spacial score (nSPS) is 13.3. The summed E-state index contributed by atoms with van der Waals surface area (Å²) in [6.45, 7) is 3.81. The van der Waals surface area contributed by atoms with Gasteiger partial charge in [0.1, 0.15) is 5.82 Å². The van der Waals surface area contributed by atoms with E-state index in [-0.39, 0.29) is 11.7 Å². The van der Waals surface area contributed by atoms with Gasteiger partial charge in [-0.25, -0.2) is 4.39 Å². The molecule has 1 saturated carbocycles. The Morgan fingerprint density at radius 2 is 1.82 bits per heavy atom. The Morgan fingerprint density at radius 1 is 1.06 bits per heavy atom. The van der Waals surface area contributed by atoms with E-state index in [0.29, 0.717) is 30.3 Å². The van der Waals surface area contributed by atoms with Crippen LogP contribution in [0.2, 0.25) is 0 Å². The fourth-order valence-corrected chi connectivity index (χ4v) is 3.89. The Kier molecular flexibility index (Phi) is 5.73. The van der Waals surface area contributed by atoms with E-state index in [2.05, 4.69) is 15.3 Å². The van der Waals surface area contributed by atoms with Gasteiger partial charge in [0, 0.05) is 24.8 Å². The van der Waals surface area contributed by atoms with Crippen molar-refractivity contribution in [3.63, 3.8) is 0 Å². The van der Waals surface area contributed by atoms with E-state index in [1.54, 1.807) is 30.7 Å². The second kappa shape index (κ2) is 8.97. The average Bonchev–Trinajstić information content (AvgIpc) is 3.26. The van der Waals surface area contributed by atoms with Crippen LogP contribution in [0.15, 0.2) is 67.3 Å². The summed E-state index contributed by atoms with van der Waals surface area (Å²) in [6.07, 6.45) is 9.21. The highest BCUT2D eigenvalue weighted by molar-refractivity contribution is 5.98. The molecule has 1 aliphatic carbocycles. The molecule has 0 spiro atoms. The quantitative estimate of drug-likeness (QED) is 0.410. The molecule has 168 valence electrons. The summed E-state index contributed by atoms with van der Waals surface area (Å²) in [5.41, 5.74) is 4.11. The Hall–Kier alpha value is -3.81. The highest BCUT2D eigenvalue weighted by Crippen LogP contribution is 2.30. The van der Waals surface area contributed by atoms with Gasteiger partial charge in [-0.3, -0.25) is 9.48 Å². The molecular formula is C25H25FN6O. The lowest BCUT2D eigenvalue weighted by Crippen LogP contribution is -2.36. The lowest BCUT2D eigenvalue weighted by molar-refractivity contribution is 0.0739. The van der Waals surface area contributed by atoms with E-state index in [1.165, 1.54) is 16.9 Å². The number of carbonyl (C=O) groups is 1. The van der Waals surface area contributed by atoms with Crippen LogP contribution in [0.5, 0.6) is 0 Å². The molecule has 0 unspecified atom stereocenters. The molecule has 1 fully saturated rings. The summed E-state index contributed by atoms with van der Waals surface area (Å²) in [7, 11) is 0. The molecule has 2 aromatic heterocycles. The van der Waals surface area contributed by atoms with Gasteiger partial charge in [-0.05, 0) is 55.5 Å². The molecule has 0 bridgehead atoms. The van der Waals surface area contributed by atoms with Gasteiger partial charge in [-0.1, -0.05) is 23.8 Å². The van der Waals surface area contributed by atoms with Crippen LogP contribution in [0.4, 0.5) is 4.39 Å². The van der Waals surface area contributed by atoms with E-state index < -0.39 is 0 Å². The Morgan fingerprint density at radius 3 is 2.55 bits per heavy atom. The molecule has 4 aromatic rings. The molecule has 0 N–H and O–H groups in total. The number of hydrogen-bond acceptors (Lipinski definition) is 4. The van der Waals surface area contributed by atoms with Gasteiger partial charge in [0.05, 0.1) is 36.4 Å². The van der Waals surface area contributed by atoms with Crippen LogP contribution in [-0.4, -0.2) is 48.7 Å². The first-order chi connectivity index (χ1) is 16.1. The van der Waals surface area contributed by atoms with Crippen molar-refractivity contribution in [2.45, 2.75) is 26.3 Å². The first-order valence-electron chi connectivity index (χ1n) is 11.1. The van der Waals surface area contributed by atoms with E-state index in [0.717, 1.165) is 36.1 Å². The molecule has 33 heavy (non-hydrogen) atoms. The van der Waals surface area contributed by atoms with E-state index >= 15 is 0 Å². The van der Waals surface area contributed by atoms with Gasteiger partial charge >= 0.3 is 0 Å². The summed E-state index contributed by atoms with van der Waals surface area (Å²) in [5.74, 6) is 0.266. The SMILES string of the molecule is Cc1ccc(-n2nccn2)c(C(=O)N(CCn2cc(-c3ccc(F)cc3)cn2)CC2CC2)c1. The highest BCUT2D eigenvalue weighted by atomic mass is 19.1. The van der Waals surface area contributed by atoms with Gasteiger partial charge in [0.2, 0.25) is 0 Å². The van der Waals surface area contributed by atoms with Crippen molar-refractivity contribution in [2.75, 3.05) is 13.1 Å². The number of rotatable bonds is 8. The highest BCUT2D eigenvalue weighted by Gasteiger charge is 2.28. The van der Waals surface area contributed by atoms with Gasteiger partial charge < -0.3 is 4.90 Å². The summed E-state index contributed by atoms with van der Waals surface area (Å²) >= 11 is 0. The number of hydrogen-bond donors (Lipinski definition) is 0. The lowest BCUT2D eigenvalue weighted by atomic mass is 10.1. The van der Waals surface area contributed by atoms with Crippen LogP contribution in [0.3, 0.4) is 0 Å². The Balaban J connectivity index is 1.35. The zero-order chi connectivity index (χ0) is 22.8.